The summed E-state index contributed by atoms with van der Waals surface area (Å²) in [7, 11) is 0. The molecule has 86 valence electrons. The average molecular weight is 217 g/mol. The molecule has 6 heteroatoms. The van der Waals surface area contributed by atoms with E-state index in [0.29, 0.717) is 6.61 Å². The summed E-state index contributed by atoms with van der Waals surface area (Å²) in [5.41, 5.74) is 0. The molecule has 0 spiro atoms. The van der Waals surface area contributed by atoms with Crippen LogP contribution in [-0.2, 0) is 19.1 Å². The van der Waals surface area contributed by atoms with Crippen LogP contribution >= 0.6 is 0 Å². The number of amides is 1. The van der Waals surface area contributed by atoms with Gasteiger partial charge in [0.1, 0.15) is 13.2 Å². The van der Waals surface area contributed by atoms with E-state index in [1.165, 1.54) is 0 Å². The van der Waals surface area contributed by atoms with Gasteiger partial charge in [-0.25, -0.2) is 4.79 Å². The van der Waals surface area contributed by atoms with Crippen molar-refractivity contribution in [3.8, 4) is 0 Å². The van der Waals surface area contributed by atoms with Gasteiger partial charge in [-0.1, -0.05) is 0 Å². The zero-order chi connectivity index (χ0) is 11.1. The third kappa shape index (κ3) is 5.34. The van der Waals surface area contributed by atoms with Gasteiger partial charge in [0.25, 0.3) is 0 Å². The minimum atomic E-state index is -1.08. The predicted molar refractivity (Wildman–Crippen MR) is 50.4 cm³/mol. The van der Waals surface area contributed by atoms with E-state index < -0.39 is 12.6 Å². The Bertz CT molecular complexity index is 225. The second-order valence-corrected chi connectivity index (χ2v) is 3.37. The molecule has 1 amide bonds. The molecule has 1 unspecified atom stereocenters. The van der Waals surface area contributed by atoms with E-state index in [4.69, 9.17) is 9.84 Å². The predicted octanol–water partition coefficient (Wildman–Crippen LogP) is -0.617. The zero-order valence-electron chi connectivity index (χ0n) is 8.40. The number of nitrogens with one attached hydrogen (secondary N) is 1. The minimum Gasteiger partial charge on any atom is -0.480 e. The van der Waals surface area contributed by atoms with Crippen molar-refractivity contribution >= 4 is 11.9 Å². The van der Waals surface area contributed by atoms with Gasteiger partial charge >= 0.3 is 5.97 Å². The molecule has 1 heterocycles. The maximum Gasteiger partial charge on any atom is 0.329 e. The number of ether oxygens (including phenoxy) is 2. The van der Waals surface area contributed by atoms with E-state index >= 15 is 0 Å². The second kappa shape index (κ2) is 6.36. The van der Waals surface area contributed by atoms with Crippen LogP contribution in [0.25, 0.3) is 0 Å². The van der Waals surface area contributed by atoms with Crippen LogP contribution in [0.2, 0.25) is 0 Å². The fraction of sp³-hybridized carbons (Fsp3) is 0.778. The molecule has 1 fully saturated rings. The second-order valence-electron chi connectivity index (χ2n) is 3.37. The SMILES string of the molecule is O=C(O)COCC(=O)NC1CCCOC1. The maximum absolute atomic E-state index is 11.2. The molecule has 0 aromatic rings. The van der Waals surface area contributed by atoms with Crippen LogP contribution < -0.4 is 5.32 Å². The van der Waals surface area contributed by atoms with Crippen molar-refractivity contribution in [3.05, 3.63) is 0 Å². The van der Waals surface area contributed by atoms with Crippen LogP contribution in [0.1, 0.15) is 12.8 Å². The highest BCUT2D eigenvalue weighted by Gasteiger charge is 2.16. The third-order valence-corrected chi connectivity index (χ3v) is 1.98. The topological polar surface area (TPSA) is 84.9 Å². The smallest absolute Gasteiger partial charge is 0.329 e. The number of carboxylic acids is 1. The largest absolute Gasteiger partial charge is 0.480 e. The fourth-order valence-electron chi connectivity index (χ4n) is 1.35. The standard InChI is InChI=1S/C9H15NO5/c11-8(5-15-6-9(12)13)10-7-2-1-3-14-4-7/h7H,1-6H2,(H,10,11)(H,12,13). The minimum absolute atomic E-state index is 0.0275. The first-order valence-corrected chi connectivity index (χ1v) is 4.85. The van der Waals surface area contributed by atoms with Gasteiger partial charge in [0.15, 0.2) is 0 Å². The first kappa shape index (κ1) is 11.9. The molecule has 0 radical (unpaired) electrons. The summed E-state index contributed by atoms with van der Waals surface area (Å²) in [6, 6.07) is 0.0275. The summed E-state index contributed by atoms with van der Waals surface area (Å²) in [5.74, 6) is -1.38. The number of hydrogen-bond acceptors (Lipinski definition) is 4. The Morgan fingerprint density at radius 3 is 2.87 bits per heavy atom. The van der Waals surface area contributed by atoms with Crippen LogP contribution in [-0.4, -0.2) is 49.5 Å². The summed E-state index contributed by atoms with van der Waals surface area (Å²) in [6.07, 6.45) is 1.83. The number of carbonyl (C=O) groups is 2. The highest BCUT2D eigenvalue weighted by molar-refractivity contribution is 5.78. The van der Waals surface area contributed by atoms with Gasteiger partial charge in [0.05, 0.1) is 12.6 Å². The number of carboxylic acid groups (broad SMARTS) is 1. The monoisotopic (exact) mass is 217 g/mol. The maximum atomic E-state index is 11.2. The zero-order valence-corrected chi connectivity index (χ0v) is 8.40. The lowest BCUT2D eigenvalue weighted by molar-refractivity contribution is -0.143. The highest BCUT2D eigenvalue weighted by Crippen LogP contribution is 2.05. The third-order valence-electron chi connectivity index (χ3n) is 1.98. The van der Waals surface area contributed by atoms with E-state index in [9.17, 15) is 9.59 Å². The number of rotatable bonds is 5. The Balaban J connectivity index is 2.09. The summed E-state index contributed by atoms with van der Waals surface area (Å²) >= 11 is 0. The molecule has 2 N–H and O–H groups in total. The van der Waals surface area contributed by atoms with Gasteiger partial charge in [-0.3, -0.25) is 4.79 Å². The van der Waals surface area contributed by atoms with E-state index in [1.54, 1.807) is 0 Å². The highest BCUT2D eigenvalue weighted by atomic mass is 16.5. The average Bonchev–Trinajstić information content (AvgIpc) is 2.18. The Labute approximate surface area is 87.5 Å². The van der Waals surface area contributed by atoms with Crippen molar-refractivity contribution in [3.63, 3.8) is 0 Å². The molecule has 1 aliphatic rings. The Kier molecular flexibility index (Phi) is 5.06. The molecule has 0 saturated carbocycles. The summed E-state index contributed by atoms with van der Waals surface area (Å²) in [4.78, 5) is 21.3. The normalized spacial score (nSPS) is 20.9. The van der Waals surface area contributed by atoms with Gasteiger partial charge in [-0.2, -0.15) is 0 Å². The number of aliphatic carboxylic acids is 1. The van der Waals surface area contributed by atoms with Crippen molar-refractivity contribution in [2.75, 3.05) is 26.4 Å². The summed E-state index contributed by atoms with van der Waals surface area (Å²) < 4.78 is 9.82. The molecule has 0 aromatic heterocycles. The molecule has 1 rings (SSSR count). The van der Waals surface area contributed by atoms with Gasteiger partial charge in [0.2, 0.25) is 5.91 Å². The van der Waals surface area contributed by atoms with Crippen molar-refractivity contribution in [1.29, 1.82) is 0 Å². The molecule has 1 saturated heterocycles. The van der Waals surface area contributed by atoms with Crippen LogP contribution in [0.15, 0.2) is 0 Å². The van der Waals surface area contributed by atoms with Crippen LogP contribution in [0.5, 0.6) is 0 Å². The lowest BCUT2D eigenvalue weighted by Gasteiger charge is -2.22. The fourth-order valence-corrected chi connectivity index (χ4v) is 1.35. The quantitative estimate of drug-likeness (QED) is 0.641. The van der Waals surface area contributed by atoms with E-state index in [-0.39, 0.29) is 18.6 Å². The lowest BCUT2D eigenvalue weighted by Crippen LogP contribution is -2.42. The molecule has 1 atom stereocenters. The number of carbonyl (C=O) groups excluding carboxylic acids is 1. The molecule has 1 aliphatic heterocycles. The summed E-state index contributed by atoms with van der Waals surface area (Å²) in [5, 5.41) is 11.0. The Hall–Kier alpha value is -1.14. The van der Waals surface area contributed by atoms with Crippen molar-refractivity contribution < 1.29 is 24.2 Å². The van der Waals surface area contributed by atoms with E-state index in [2.05, 4.69) is 10.1 Å². The molecular weight excluding hydrogens is 202 g/mol. The van der Waals surface area contributed by atoms with Gasteiger partial charge < -0.3 is 19.9 Å². The number of hydrogen-bond donors (Lipinski definition) is 2. The van der Waals surface area contributed by atoms with Crippen molar-refractivity contribution in [2.45, 2.75) is 18.9 Å². The lowest BCUT2D eigenvalue weighted by atomic mass is 10.1. The van der Waals surface area contributed by atoms with Gasteiger partial charge in [-0.05, 0) is 12.8 Å². The Morgan fingerprint density at radius 1 is 1.47 bits per heavy atom. The van der Waals surface area contributed by atoms with Gasteiger partial charge in [-0.15, -0.1) is 0 Å². The molecule has 0 aliphatic carbocycles. The van der Waals surface area contributed by atoms with Crippen molar-refractivity contribution in [2.24, 2.45) is 0 Å². The van der Waals surface area contributed by atoms with Gasteiger partial charge in [0, 0.05) is 6.61 Å². The van der Waals surface area contributed by atoms with Crippen LogP contribution in [0.3, 0.4) is 0 Å². The molecule has 0 bridgehead atoms. The molecule has 15 heavy (non-hydrogen) atoms. The van der Waals surface area contributed by atoms with E-state index in [1.807, 2.05) is 0 Å². The van der Waals surface area contributed by atoms with Crippen LogP contribution in [0, 0.1) is 0 Å². The first-order chi connectivity index (χ1) is 7.18. The summed E-state index contributed by atoms with van der Waals surface area (Å²) in [6.45, 7) is 0.587. The molecular formula is C9H15NO5. The molecule has 6 nitrogen and oxygen atoms in total. The Morgan fingerprint density at radius 2 is 2.27 bits per heavy atom. The van der Waals surface area contributed by atoms with E-state index in [0.717, 1.165) is 19.4 Å². The molecule has 0 aromatic carbocycles. The van der Waals surface area contributed by atoms with Crippen molar-refractivity contribution in [1.82, 2.24) is 5.32 Å². The van der Waals surface area contributed by atoms with Crippen LogP contribution in [0.4, 0.5) is 0 Å². The first-order valence-electron chi connectivity index (χ1n) is 4.85.